The molecule has 0 aromatic heterocycles. The standard InChI is InChI=1S/C8H13FO3/c9-7(8(10)11)5-6-1-3-12-4-2-6/h6-7H,1-5H2,(H,10,11). The van der Waals surface area contributed by atoms with E-state index in [1.54, 1.807) is 0 Å². The summed E-state index contributed by atoms with van der Waals surface area (Å²) in [6.07, 6.45) is 0.00759. The first-order valence-corrected chi connectivity index (χ1v) is 4.14. The predicted molar refractivity (Wildman–Crippen MR) is 40.7 cm³/mol. The molecular weight excluding hydrogens is 163 g/mol. The van der Waals surface area contributed by atoms with E-state index >= 15 is 0 Å². The number of rotatable bonds is 3. The van der Waals surface area contributed by atoms with Crippen molar-refractivity contribution in [1.82, 2.24) is 0 Å². The van der Waals surface area contributed by atoms with Crippen LogP contribution < -0.4 is 0 Å². The van der Waals surface area contributed by atoms with Gasteiger partial charge < -0.3 is 9.84 Å². The van der Waals surface area contributed by atoms with Crippen molar-refractivity contribution in [3.63, 3.8) is 0 Å². The third kappa shape index (κ3) is 2.77. The summed E-state index contributed by atoms with van der Waals surface area (Å²) in [5, 5.41) is 8.31. The number of hydrogen-bond acceptors (Lipinski definition) is 2. The lowest BCUT2D eigenvalue weighted by Gasteiger charge is -2.22. The molecule has 1 heterocycles. The molecule has 0 saturated carbocycles. The summed E-state index contributed by atoms with van der Waals surface area (Å²) >= 11 is 0. The molecule has 0 aliphatic carbocycles. The second-order valence-electron chi connectivity index (χ2n) is 3.10. The minimum absolute atomic E-state index is 0.138. The van der Waals surface area contributed by atoms with Crippen LogP contribution in [0.3, 0.4) is 0 Å². The van der Waals surface area contributed by atoms with Crippen molar-refractivity contribution < 1.29 is 19.0 Å². The molecule has 0 spiro atoms. The number of carboxylic acid groups (broad SMARTS) is 1. The van der Waals surface area contributed by atoms with Crippen molar-refractivity contribution in [2.45, 2.75) is 25.4 Å². The van der Waals surface area contributed by atoms with Crippen LogP contribution in [0.25, 0.3) is 0 Å². The molecule has 1 fully saturated rings. The highest BCUT2D eigenvalue weighted by Crippen LogP contribution is 2.21. The average molecular weight is 176 g/mol. The Labute approximate surface area is 70.5 Å². The van der Waals surface area contributed by atoms with E-state index in [-0.39, 0.29) is 12.3 Å². The van der Waals surface area contributed by atoms with E-state index in [0.717, 1.165) is 12.8 Å². The van der Waals surface area contributed by atoms with Gasteiger partial charge in [0.1, 0.15) is 0 Å². The lowest BCUT2D eigenvalue weighted by Crippen LogP contribution is -2.23. The van der Waals surface area contributed by atoms with Crippen LogP contribution in [0.2, 0.25) is 0 Å². The average Bonchev–Trinajstić information content (AvgIpc) is 2.06. The topological polar surface area (TPSA) is 46.5 Å². The van der Waals surface area contributed by atoms with Gasteiger partial charge in [0, 0.05) is 13.2 Å². The second-order valence-corrected chi connectivity index (χ2v) is 3.10. The molecule has 0 aromatic rings. The fourth-order valence-electron chi connectivity index (χ4n) is 1.38. The Bertz CT molecular complexity index is 154. The van der Waals surface area contributed by atoms with E-state index in [1.807, 2.05) is 0 Å². The largest absolute Gasteiger partial charge is 0.479 e. The van der Waals surface area contributed by atoms with E-state index in [1.165, 1.54) is 0 Å². The highest BCUT2D eigenvalue weighted by Gasteiger charge is 2.23. The van der Waals surface area contributed by atoms with Crippen molar-refractivity contribution in [2.24, 2.45) is 5.92 Å². The molecule has 1 saturated heterocycles. The Kier molecular flexibility index (Phi) is 3.47. The van der Waals surface area contributed by atoms with Gasteiger partial charge in [0.05, 0.1) is 0 Å². The summed E-state index contributed by atoms with van der Waals surface area (Å²) < 4.78 is 17.7. The maximum atomic E-state index is 12.7. The Balaban J connectivity index is 2.24. The van der Waals surface area contributed by atoms with Crippen LogP contribution in [0.1, 0.15) is 19.3 Å². The van der Waals surface area contributed by atoms with Gasteiger partial charge in [-0.3, -0.25) is 0 Å². The first-order valence-electron chi connectivity index (χ1n) is 4.14. The normalized spacial score (nSPS) is 22.1. The smallest absolute Gasteiger partial charge is 0.338 e. The van der Waals surface area contributed by atoms with Gasteiger partial charge in [-0.25, -0.2) is 9.18 Å². The van der Waals surface area contributed by atoms with Crippen LogP contribution in [0.5, 0.6) is 0 Å². The zero-order valence-corrected chi connectivity index (χ0v) is 6.83. The monoisotopic (exact) mass is 176 g/mol. The lowest BCUT2D eigenvalue weighted by molar-refractivity contribution is -0.143. The van der Waals surface area contributed by atoms with Gasteiger partial charge in [0.2, 0.25) is 0 Å². The zero-order valence-electron chi connectivity index (χ0n) is 6.83. The minimum atomic E-state index is -1.70. The van der Waals surface area contributed by atoms with Gasteiger partial charge in [-0.1, -0.05) is 0 Å². The van der Waals surface area contributed by atoms with E-state index in [0.29, 0.717) is 13.2 Å². The van der Waals surface area contributed by atoms with Crippen LogP contribution in [0, 0.1) is 5.92 Å². The molecule has 1 aliphatic rings. The first kappa shape index (κ1) is 9.45. The van der Waals surface area contributed by atoms with Gasteiger partial charge in [-0.05, 0) is 25.2 Å². The van der Waals surface area contributed by atoms with Gasteiger partial charge in [-0.2, -0.15) is 0 Å². The molecule has 1 aliphatic heterocycles. The number of hydrogen-bond donors (Lipinski definition) is 1. The Morgan fingerprint density at radius 1 is 1.58 bits per heavy atom. The van der Waals surface area contributed by atoms with Gasteiger partial charge in [0.15, 0.2) is 6.17 Å². The minimum Gasteiger partial charge on any atom is -0.479 e. The molecule has 3 nitrogen and oxygen atoms in total. The van der Waals surface area contributed by atoms with Crippen LogP contribution in [0.4, 0.5) is 4.39 Å². The van der Waals surface area contributed by atoms with Crippen molar-refractivity contribution in [3.05, 3.63) is 0 Å². The van der Waals surface area contributed by atoms with Gasteiger partial charge >= 0.3 is 5.97 Å². The summed E-state index contributed by atoms with van der Waals surface area (Å²) in [6, 6.07) is 0. The van der Waals surface area contributed by atoms with Crippen molar-refractivity contribution in [2.75, 3.05) is 13.2 Å². The molecule has 0 amide bonds. The molecule has 70 valence electrons. The molecule has 1 atom stereocenters. The molecule has 0 aromatic carbocycles. The number of halogens is 1. The Morgan fingerprint density at radius 3 is 2.67 bits per heavy atom. The first-order chi connectivity index (χ1) is 5.70. The van der Waals surface area contributed by atoms with Crippen molar-refractivity contribution in [3.8, 4) is 0 Å². The zero-order chi connectivity index (χ0) is 8.97. The molecule has 1 N–H and O–H groups in total. The number of ether oxygens (including phenoxy) is 1. The SMILES string of the molecule is O=C(O)C(F)CC1CCOCC1. The molecule has 1 rings (SSSR count). The molecule has 0 bridgehead atoms. The van der Waals surface area contributed by atoms with Gasteiger partial charge in [-0.15, -0.1) is 0 Å². The molecular formula is C8H13FO3. The van der Waals surface area contributed by atoms with Crippen molar-refractivity contribution in [1.29, 1.82) is 0 Å². The Morgan fingerprint density at radius 2 is 2.17 bits per heavy atom. The Hall–Kier alpha value is -0.640. The molecule has 4 heteroatoms. The fourth-order valence-corrected chi connectivity index (χ4v) is 1.38. The van der Waals surface area contributed by atoms with Crippen LogP contribution in [-0.4, -0.2) is 30.5 Å². The number of aliphatic carboxylic acids is 1. The summed E-state index contributed by atoms with van der Waals surface area (Å²) in [5.41, 5.74) is 0. The number of carbonyl (C=O) groups is 1. The van der Waals surface area contributed by atoms with Crippen LogP contribution in [0.15, 0.2) is 0 Å². The van der Waals surface area contributed by atoms with E-state index in [4.69, 9.17) is 9.84 Å². The number of carboxylic acids is 1. The fraction of sp³-hybridized carbons (Fsp3) is 0.875. The van der Waals surface area contributed by atoms with Gasteiger partial charge in [0.25, 0.3) is 0 Å². The van der Waals surface area contributed by atoms with Crippen LogP contribution in [-0.2, 0) is 9.53 Å². The summed E-state index contributed by atoms with van der Waals surface area (Å²) in [7, 11) is 0. The van der Waals surface area contributed by atoms with E-state index in [9.17, 15) is 9.18 Å². The van der Waals surface area contributed by atoms with Crippen molar-refractivity contribution >= 4 is 5.97 Å². The van der Waals surface area contributed by atoms with Crippen LogP contribution >= 0.6 is 0 Å². The summed E-state index contributed by atoms with van der Waals surface area (Å²) in [5.74, 6) is -1.16. The summed E-state index contributed by atoms with van der Waals surface area (Å²) in [6.45, 7) is 1.27. The maximum absolute atomic E-state index is 12.7. The third-order valence-corrected chi connectivity index (χ3v) is 2.15. The third-order valence-electron chi connectivity index (χ3n) is 2.15. The highest BCUT2D eigenvalue weighted by atomic mass is 19.1. The second kappa shape index (κ2) is 4.40. The molecule has 12 heavy (non-hydrogen) atoms. The summed E-state index contributed by atoms with van der Waals surface area (Å²) in [4.78, 5) is 10.2. The molecule has 1 unspecified atom stereocenters. The maximum Gasteiger partial charge on any atom is 0.338 e. The quantitative estimate of drug-likeness (QED) is 0.703. The molecule has 0 radical (unpaired) electrons. The number of alkyl halides is 1. The predicted octanol–water partition coefficient (Wildman–Crippen LogP) is 1.23. The van der Waals surface area contributed by atoms with E-state index in [2.05, 4.69) is 0 Å². The lowest BCUT2D eigenvalue weighted by atomic mass is 9.94. The highest BCUT2D eigenvalue weighted by molar-refractivity contribution is 5.71. The van der Waals surface area contributed by atoms with E-state index < -0.39 is 12.1 Å².